The Morgan fingerprint density at radius 2 is 2.15 bits per heavy atom. The largest absolute Gasteiger partial charge is 0.490 e. The number of nitrogens with zero attached hydrogens (tertiary/aromatic N) is 1. The van der Waals surface area contributed by atoms with Crippen LogP contribution in [-0.4, -0.2) is 30.5 Å². The van der Waals surface area contributed by atoms with Gasteiger partial charge in [-0.2, -0.15) is 0 Å². The maximum Gasteiger partial charge on any atom is 0.312 e. The Morgan fingerprint density at radius 3 is 2.70 bits per heavy atom. The normalized spacial score (nSPS) is 10.4. The smallest absolute Gasteiger partial charge is 0.312 e. The molecule has 1 rings (SSSR count). The van der Waals surface area contributed by atoms with Crippen LogP contribution in [-0.2, 0) is 4.79 Å². The second-order valence-electron chi connectivity index (χ2n) is 4.55. The summed E-state index contributed by atoms with van der Waals surface area (Å²) in [4.78, 5) is 22.0. The molecule has 0 atom stereocenters. The summed E-state index contributed by atoms with van der Waals surface area (Å²) in [7, 11) is 1.36. The van der Waals surface area contributed by atoms with Gasteiger partial charge in [-0.3, -0.25) is 14.9 Å². The zero-order valence-corrected chi connectivity index (χ0v) is 11.8. The van der Waals surface area contributed by atoms with Crippen molar-refractivity contribution in [1.82, 2.24) is 5.32 Å². The van der Waals surface area contributed by atoms with Crippen molar-refractivity contribution in [3.05, 3.63) is 28.3 Å². The standard InChI is InChI=1S/C13H19N3O4/c1-9(2)14-7-6-13(17)15-10-4-5-12(20-3)11(8-10)16(18)19/h4-5,8-9,14H,6-7H2,1-3H3,(H,15,17). The maximum atomic E-state index is 11.7. The molecule has 7 heteroatoms. The molecule has 0 radical (unpaired) electrons. The molecule has 7 nitrogen and oxygen atoms in total. The fraction of sp³-hybridized carbons (Fsp3) is 0.462. The Kier molecular flexibility index (Phi) is 5.92. The van der Waals surface area contributed by atoms with Gasteiger partial charge in [0.1, 0.15) is 0 Å². The number of rotatable bonds is 7. The summed E-state index contributed by atoms with van der Waals surface area (Å²) < 4.78 is 4.89. The van der Waals surface area contributed by atoms with Gasteiger partial charge in [0, 0.05) is 30.8 Å². The number of nitro benzene ring substituents is 1. The second-order valence-corrected chi connectivity index (χ2v) is 4.55. The van der Waals surface area contributed by atoms with Gasteiger partial charge in [0.15, 0.2) is 5.75 Å². The molecule has 0 unspecified atom stereocenters. The van der Waals surface area contributed by atoms with E-state index in [9.17, 15) is 14.9 Å². The lowest BCUT2D eigenvalue weighted by atomic mass is 10.2. The Labute approximate surface area is 117 Å². The minimum absolute atomic E-state index is 0.162. The predicted molar refractivity (Wildman–Crippen MR) is 76.0 cm³/mol. The van der Waals surface area contributed by atoms with E-state index in [0.717, 1.165) is 0 Å². The summed E-state index contributed by atoms with van der Waals surface area (Å²) in [6, 6.07) is 4.62. The van der Waals surface area contributed by atoms with E-state index >= 15 is 0 Å². The molecule has 0 bridgehead atoms. The first-order valence-electron chi connectivity index (χ1n) is 6.29. The van der Waals surface area contributed by atoms with Gasteiger partial charge in [0.2, 0.25) is 5.91 Å². The van der Waals surface area contributed by atoms with Gasteiger partial charge in [0.25, 0.3) is 0 Å². The van der Waals surface area contributed by atoms with E-state index in [1.54, 1.807) is 6.07 Å². The third kappa shape index (κ3) is 4.85. The monoisotopic (exact) mass is 281 g/mol. The van der Waals surface area contributed by atoms with E-state index in [2.05, 4.69) is 10.6 Å². The van der Waals surface area contributed by atoms with Crippen LogP contribution in [0.15, 0.2) is 18.2 Å². The van der Waals surface area contributed by atoms with Crippen LogP contribution in [0.1, 0.15) is 20.3 Å². The molecule has 0 aromatic heterocycles. The van der Waals surface area contributed by atoms with Crippen molar-refractivity contribution in [1.29, 1.82) is 0 Å². The molecular weight excluding hydrogens is 262 g/mol. The highest BCUT2D eigenvalue weighted by molar-refractivity contribution is 5.91. The predicted octanol–water partition coefficient (Wildman–Crippen LogP) is 1.93. The van der Waals surface area contributed by atoms with Crippen molar-refractivity contribution in [3.8, 4) is 5.75 Å². The Bertz CT molecular complexity index is 489. The van der Waals surface area contributed by atoms with Crippen LogP contribution >= 0.6 is 0 Å². The minimum atomic E-state index is -0.547. The van der Waals surface area contributed by atoms with Crippen LogP contribution in [0.25, 0.3) is 0 Å². The molecule has 0 saturated heterocycles. The van der Waals surface area contributed by atoms with Crippen molar-refractivity contribution in [2.24, 2.45) is 0 Å². The topological polar surface area (TPSA) is 93.5 Å². The van der Waals surface area contributed by atoms with E-state index in [0.29, 0.717) is 24.7 Å². The van der Waals surface area contributed by atoms with Gasteiger partial charge in [-0.15, -0.1) is 0 Å². The van der Waals surface area contributed by atoms with E-state index < -0.39 is 4.92 Å². The highest BCUT2D eigenvalue weighted by atomic mass is 16.6. The van der Waals surface area contributed by atoms with Gasteiger partial charge >= 0.3 is 5.69 Å². The average Bonchev–Trinajstić information content (AvgIpc) is 2.38. The summed E-state index contributed by atoms with van der Waals surface area (Å²) in [5.74, 6) is -0.0351. The molecule has 0 spiro atoms. The van der Waals surface area contributed by atoms with Gasteiger partial charge in [-0.25, -0.2) is 0 Å². The number of ether oxygens (including phenoxy) is 1. The molecular formula is C13H19N3O4. The van der Waals surface area contributed by atoms with Crippen LogP contribution < -0.4 is 15.4 Å². The number of amides is 1. The summed E-state index contributed by atoms with van der Waals surface area (Å²) >= 11 is 0. The molecule has 1 aromatic carbocycles. The molecule has 0 aliphatic carbocycles. The second kappa shape index (κ2) is 7.44. The summed E-state index contributed by atoms with van der Waals surface area (Å²) in [6.45, 7) is 4.54. The van der Waals surface area contributed by atoms with E-state index in [1.807, 2.05) is 13.8 Å². The first-order valence-corrected chi connectivity index (χ1v) is 6.29. The van der Waals surface area contributed by atoms with Gasteiger partial charge in [-0.1, -0.05) is 13.8 Å². The molecule has 0 heterocycles. The molecule has 2 N–H and O–H groups in total. The zero-order chi connectivity index (χ0) is 15.1. The lowest BCUT2D eigenvalue weighted by Crippen LogP contribution is -2.27. The number of methoxy groups -OCH3 is 1. The average molecular weight is 281 g/mol. The SMILES string of the molecule is COc1ccc(NC(=O)CCNC(C)C)cc1[N+](=O)[O-]. The van der Waals surface area contributed by atoms with Crippen molar-refractivity contribution in [2.45, 2.75) is 26.3 Å². The van der Waals surface area contributed by atoms with Gasteiger partial charge < -0.3 is 15.4 Å². The van der Waals surface area contributed by atoms with E-state index in [4.69, 9.17) is 4.74 Å². The molecule has 0 saturated carbocycles. The van der Waals surface area contributed by atoms with E-state index in [-0.39, 0.29) is 17.3 Å². The van der Waals surface area contributed by atoms with Crippen molar-refractivity contribution >= 4 is 17.3 Å². The molecule has 20 heavy (non-hydrogen) atoms. The molecule has 0 fully saturated rings. The highest BCUT2D eigenvalue weighted by Gasteiger charge is 2.15. The molecule has 1 aromatic rings. The van der Waals surface area contributed by atoms with E-state index in [1.165, 1.54) is 19.2 Å². The number of nitrogens with one attached hydrogen (secondary N) is 2. The maximum absolute atomic E-state index is 11.7. The fourth-order valence-electron chi connectivity index (χ4n) is 1.61. The number of hydrogen-bond acceptors (Lipinski definition) is 5. The van der Waals surface area contributed by atoms with Crippen LogP contribution in [0.3, 0.4) is 0 Å². The lowest BCUT2D eigenvalue weighted by Gasteiger charge is -2.09. The summed E-state index contributed by atoms with van der Waals surface area (Å²) in [5.41, 5.74) is 0.206. The molecule has 0 aliphatic rings. The number of hydrogen-bond donors (Lipinski definition) is 2. The van der Waals surface area contributed by atoms with Gasteiger partial charge in [-0.05, 0) is 12.1 Å². The number of benzene rings is 1. The Hall–Kier alpha value is -2.15. The van der Waals surface area contributed by atoms with Crippen molar-refractivity contribution in [3.63, 3.8) is 0 Å². The minimum Gasteiger partial charge on any atom is -0.490 e. The van der Waals surface area contributed by atoms with Crippen molar-refractivity contribution in [2.75, 3.05) is 19.0 Å². The first-order chi connectivity index (χ1) is 9.43. The fourth-order valence-corrected chi connectivity index (χ4v) is 1.61. The number of nitro groups is 1. The Balaban J connectivity index is 2.66. The third-order valence-electron chi connectivity index (χ3n) is 2.56. The Morgan fingerprint density at radius 1 is 1.45 bits per heavy atom. The van der Waals surface area contributed by atoms with Crippen LogP contribution in [0.2, 0.25) is 0 Å². The van der Waals surface area contributed by atoms with Crippen molar-refractivity contribution < 1.29 is 14.5 Å². The molecule has 110 valence electrons. The number of carbonyl (C=O) groups excluding carboxylic acids is 1. The van der Waals surface area contributed by atoms with Gasteiger partial charge in [0.05, 0.1) is 12.0 Å². The third-order valence-corrected chi connectivity index (χ3v) is 2.56. The van der Waals surface area contributed by atoms with Crippen LogP contribution in [0.5, 0.6) is 5.75 Å². The quantitative estimate of drug-likeness (QED) is 0.588. The summed E-state index contributed by atoms with van der Waals surface area (Å²) in [5, 5.41) is 16.6. The van der Waals surface area contributed by atoms with Crippen LogP contribution in [0.4, 0.5) is 11.4 Å². The number of carbonyl (C=O) groups is 1. The highest BCUT2D eigenvalue weighted by Crippen LogP contribution is 2.29. The lowest BCUT2D eigenvalue weighted by molar-refractivity contribution is -0.385. The first kappa shape index (κ1) is 15.9. The molecule has 1 amide bonds. The zero-order valence-electron chi connectivity index (χ0n) is 11.8. The molecule has 0 aliphatic heterocycles. The number of anilines is 1. The van der Waals surface area contributed by atoms with Crippen LogP contribution in [0, 0.1) is 10.1 Å². The summed E-state index contributed by atoms with van der Waals surface area (Å²) in [6.07, 6.45) is 0.304.